The summed E-state index contributed by atoms with van der Waals surface area (Å²) in [5.74, 6) is -0.237. The van der Waals surface area contributed by atoms with E-state index in [0.717, 1.165) is 83.5 Å². The molecule has 0 aliphatic heterocycles. The highest BCUT2D eigenvalue weighted by atomic mass is 31.2. The molecule has 0 spiro atoms. The molecule has 454 valence electrons. The Balaban J connectivity index is 4.28. The molecule has 3 atom stereocenters. The molecule has 3 N–H and O–H groups in total. The number of amides is 1. The normalized spacial score (nSPS) is 14.6. The van der Waals surface area contributed by atoms with Crippen molar-refractivity contribution < 1.29 is 32.9 Å². The maximum absolute atomic E-state index is 13.0. The standard InChI is InChI=1S/C70H123N2O6P/c1-6-8-10-12-14-16-18-20-22-24-26-28-30-32-34-36-38-40-42-44-46-48-50-52-54-56-58-60-62-64-70(74)71-68(67-78-79(75,76)77-66-65-72(3,4)5)69(73)63-61-59-57-55-53-51-49-47-45-43-41-39-37-35-33-31-29-27-25-23-21-19-17-15-13-11-9-7-2/h8,10,14,16,20,22,26,28,32,34,38,40,44,46,50,52,56,58,61,63,68-69,73H,6-7,9,11-13,15,17-19,21,23-25,27,29-31,33,35-37,39,41-43,45,47-49,51,53-55,57,59-60,62,64-67H2,1-5H3,(H-,71,74,75,76)/p+1/b10-8-,16-14-,22-20-,28-26-,34-32-,40-38-,46-44-,52-50-,58-56-,63-61+. The van der Waals surface area contributed by atoms with Crippen LogP contribution in [0.1, 0.15) is 264 Å². The molecule has 0 saturated carbocycles. The highest BCUT2D eigenvalue weighted by Crippen LogP contribution is 2.43. The fourth-order valence-corrected chi connectivity index (χ4v) is 9.66. The summed E-state index contributed by atoms with van der Waals surface area (Å²) in [6.07, 6.45) is 89.0. The number of allylic oxidation sites excluding steroid dienone is 19. The lowest BCUT2D eigenvalue weighted by Crippen LogP contribution is -2.45. The van der Waals surface area contributed by atoms with Gasteiger partial charge >= 0.3 is 7.82 Å². The topological polar surface area (TPSA) is 105 Å². The van der Waals surface area contributed by atoms with Crippen LogP contribution in [0.15, 0.2) is 122 Å². The summed E-state index contributed by atoms with van der Waals surface area (Å²) in [5.41, 5.74) is 0. The van der Waals surface area contributed by atoms with Crippen LogP contribution < -0.4 is 5.32 Å². The van der Waals surface area contributed by atoms with Crippen LogP contribution in [0.3, 0.4) is 0 Å². The van der Waals surface area contributed by atoms with Gasteiger partial charge in [-0.1, -0.05) is 296 Å². The second-order valence-corrected chi connectivity index (χ2v) is 24.2. The lowest BCUT2D eigenvalue weighted by Gasteiger charge is -2.25. The molecule has 3 unspecified atom stereocenters. The molecule has 0 aromatic rings. The van der Waals surface area contributed by atoms with Gasteiger partial charge in [0.25, 0.3) is 0 Å². The number of aliphatic hydroxyl groups is 1. The van der Waals surface area contributed by atoms with E-state index in [4.69, 9.17) is 9.05 Å². The van der Waals surface area contributed by atoms with Crippen molar-refractivity contribution in [2.75, 3.05) is 40.9 Å². The number of nitrogens with one attached hydrogen (secondary N) is 1. The number of phosphoric ester groups is 1. The van der Waals surface area contributed by atoms with Crippen molar-refractivity contribution in [1.29, 1.82) is 0 Å². The number of hydrogen-bond acceptors (Lipinski definition) is 5. The molecule has 0 fully saturated rings. The number of aliphatic hydroxyl groups excluding tert-OH is 1. The molecule has 0 aliphatic rings. The van der Waals surface area contributed by atoms with E-state index in [9.17, 15) is 19.4 Å². The zero-order valence-electron chi connectivity index (χ0n) is 51.8. The van der Waals surface area contributed by atoms with Crippen LogP contribution in [-0.4, -0.2) is 73.4 Å². The molecule has 9 heteroatoms. The van der Waals surface area contributed by atoms with Gasteiger partial charge in [-0.3, -0.25) is 13.8 Å². The molecular weight excluding hydrogens is 996 g/mol. The SMILES string of the molecule is CC/C=C\C/C=C\C/C=C\C/C=C\C/C=C\C/C=C\C/C=C\C/C=C\C/C=C\CCCC(=O)NC(COP(=O)(O)OCC[N+](C)(C)C)C(O)/C=C/CCCCCCCCCCCCCCCCCCCCCCCCCCCC. The van der Waals surface area contributed by atoms with Crippen LogP contribution in [0.4, 0.5) is 0 Å². The molecule has 8 nitrogen and oxygen atoms in total. The first-order valence-corrected chi connectivity index (χ1v) is 33.9. The van der Waals surface area contributed by atoms with Crippen molar-refractivity contribution in [2.24, 2.45) is 0 Å². The molecule has 0 heterocycles. The number of hydrogen-bond donors (Lipinski definition) is 3. The Morgan fingerprint density at radius 1 is 0.443 bits per heavy atom. The summed E-state index contributed by atoms with van der Waals surface area (Å²) >= 11 is 0. The number of unbranched alkanes of at least 4 members (excludes halogenated alkanes) is 27. The number of likely N-dealkylation sites (N-methyl/N-ethyl adjacent to an activating group) is 1. The average molecular weight is 1120 g/mol. The van der Waals surface area contributed by atoms with Gasteiger partial charge in [0.15, 0.2) is 0 Å². The maximum atomic E-state index is 13.0. The predicted octanol–water partition coefficient (Wildman–Crippen LogP) is 20.5. The van der Waals surface area contributed by atoms with E-state index >= 15 is 0 Å². The van der Waals surface area contributed by atoms with Gasteiger partial charge < -0.3 is 19.8 Å². The Kier molecular flexibility index (Phi) is 57.2. The first kappa shape index (κ1) is 75.9. The first-order chi connectivity index (χ1) is 38.5. The van der Waals surface area contributed by atoms with Crippen LogP contribution in [0.25, 0.3) is 0 Å². The summed E-state index contributed by atoms with van der Waals surface area (Å²) in [6.45, 7) is 4.67. The Morgan fingerprint density at radius 3 is 1.10 bits per heavy atom. The quantitative estimate of drug-likeness (QED) is 0.0243. The summed E-state index contributed by atoms with van der Waals surface area (Å²) in [7, 11) is 1.52. The Morgan fingerprint density at radius 2 is 0.759 bits per heavy atom. The summed E-state index contributed by atoms with van der Waals surface area (Å²) < 4.78 is 23.7. The highest BCUT2D eigenvalue weighted by molar-refractivity contribution is 7.47. The molecule has 0 bridgehead atoms. The smallest absolute Gasteiger partial charge is 0.387 e. The van der Waals surface area contributed by atoms with E-state index in [-0.39, 0.29) is 25.5 Å². The first-order valence-electron chi connectivity index (χ1n) is 32.4. The lowest BCUT2D eigenvalue weighted by molar-refractivity contribution is -0.870. The van der Waals surface area contributed by atoms with Gasteiger partial charge in [-0.15, -0.1) is 0 Å². The van der Waals surface area contributed by atoms with Crippen LogP contribution >= 0.6 is 7.82 Å². The second kappa shape index (κ2) is 59.5. The van der Waals surface area contributed by atoms with Crippen LogP contribution in [0.5, 0.6) is 0 Å². The van der Waals surface area contributed by atoms with Crippen molar-refractivity contribution >= 4 is 13.7 Å². The maximum Gasteiger partial charge on any atom is 0.472 e. The number of carbonyl (C=O) groups is 1. The minimum Gasteiger partial charge on any atom is -0.387 e. The van der Waals surface area contributed by atoms with E-state index in [0.29, 0.717) is 17.4 Å². The summed E-state index contributed by atoms with van der Waals surface area (Å²) in [5, 5.41) is 13.9. The van der Waals surface area contributed by atoms with Gasteiger partial charge in [-0.05, 0) is 83.5 Å². The molecule has 0 radical (unpaired) electrons. The molecule has 79 heavy (non-hydrogen) atoms. The number of carbonyl (C=O) groups excluding carboxylic acids is 1. The average Bonchev–Trinajstić information content (AvgIpc) is 3.42. The molecule has 0 rings (SSSR count). The van der Waals surface area contributed by atoms with Gasteiger partial charge in [0, 0.05) is 6.42 Å². The van der Waals surface area contributed by atoms with Crippen molar-refractivity contribution in [3.63, 3.8) is 0 Å². The van der Waals surface area contributed by atoms with Crippen LogP contribution in [0.2, 0.25) is 0 Å². The number of rotatable bonds is 58. The van der Waals surface area contributed by atoms with E-state index < -0.39 is 20.0 Å². The van der Waals surface area contributed by atoms with Crippen molar-refractivity contribution in [3.8, 4) is 0 Å². The fraction of sp³-hybridized carbons (Fsp3) is 0.700. The van der Waals surface area contributed by atoms with Crippen LogP contribution in [-0.2, 0) is 18.4 Å². The Bertz CT molecular complexity index is 1700. The van der Waals surface area contributed by atoms with Gasteiger partial charge in [0.1, 0.15) is 13.2 Å². The molecule has 0 aromatic carbocycles. The molecule has 0 aromatic heterocycles. The minimum absolute atomic E-state index is 0.0441. The predicted molar refractivity (Wildman–Crippen MR) is 345 cm³/mol. The third-order valence-electron chi connectivity index (χ3n) is 13.9. The van der Waals surface area contributed by atoms with E-state index in [1.54, 1.807) is 6.08 Å². The molecule has 0 saturated heterocycles. The van der Waals surface area contributed by atoms with Crippen LogP contribution in [0, 0.1) is 0 Å². The number of phosphoric acid groups is 1. The zero-order chi connectivity index (χ0) is 57.7. The lowest BCUT2D eigenvalue weighted by atomic mass is 10.0. The third kappa shape index (κ3) is 62.4. The van der Waals surface area contributed by atoms with E-state index in [1.807, 2.05) is 27.2 Å². The summed E-state index contributed by atoms with van der Waals surface area (Å²) in [4.78, 5) is 23.3. The Labute approximate surface area is 488 Å². The third-order valence-corrected chi connectivity index (χ3v) is 14.9. The number of quaternary nitrogens is 1. The Hall–Kier alpha value is -3.10. The molecule has 1 amide bonds. The second-order valence-electron chi connectivity index (χ2n) is 22.8. The zero-order valence-corrected chi connectivity index (χ0v) is 52.7. The summed E-state index contributed by atoms with van der Waals surface area (Å²) in [6, 6.07) is -0.888. The molecular formula is C70H124N2O6P+. The van der Waals surface area contributed by atoms with Gasteiger partial charge in [-0.2, -0.15) is 0 Å². The van der Waals surface area contributed by atoms with Crippen molar-refractivity contribution in [3.05, 3.63) is 122 Å². The monoisotopic (exact) mass is 1120 g/mol. The molecule has 0 aliphatic carbocycles. The van der Waals surface area contributed by atoms with Crippen molar-refractivity contribution in [1.82, 2.24) is 5.32 Å². The van der Waals surface area contributed by atoms with Gasteiger partial charge in [0.2, 0.25) is 5.91 Å². The van der Waals surface area contributed by atoms with Crippen molar-refractivity contribution in [2.45, 2.75) is 276 Å². The van der Waals surface area contributed by atoms with Gasteiger partial charge in [-0.25, -0.2) is 4.57 Å². The minimum atomic E-state index is -4.38. The highest BCUT2D eigenvalue weighted by Gasteiger charge is 2.27. The fourth-order valence-electron chi connectivity index (χ4n) is 8.93. The largest absolute Gasteiger partial charge is 0.472 e. The number of nitrogens with zero attached hydrogens (tertiary/aromatic N) is 1. The van der Waals surface area contributed by atoms with E-state index in [2.05, 4.69) is 129 Å². The van der Waals surface area contributed by atoms with Gasteiger partial charge in [0.05, 0.1) is 39.9 Å². The van der Waals surface area contributed by atoms with E-state index in [1.165, 1.54) is 154 Å².